The van der Waals surface area contributed by atoms with Crippen LogP contribution in [0, 0.1) is 0 Å². The summed E-state index contributed by atoms with van der Waals surface area (Å²) in [6, 6.07) is 16.6. The van der Waals surface area contributed by atoms with Crippen molar-refractivity contribution in [3.63, 3.8) is 0 Å². The lowest BCUT2D eigenvalue weighted by Gasteiger charge is -2.31. The van der Waals surface area contributed by atoms with Crippen molar-refractivity contribution >= 4 is 35.4 Å². The minimum Gasteiger partial charge on any atom is -0.476 e. The first kappa shape index (κ1) is 44.9. The number of likely N-dealkylation sites (tertiary alicyclic amines) is 1. The highest BCUT2D eigenvalue weighted by atomic mass is 19.3. The van der Waals surface area contributed by atoms with Gasteiger partial charge in [-0.05, 0) is 96.1 Å². The highest BCUT2D eigenvalue weighted by molar-refractivity contribution is 5.94. The summed E-state index contributed by atoms with van der Waals surface area (Å²) < 4.78 is 40.5. The highest BCUT2D eigenvalue weighted by Crippen LogP contribution is 2.30. The molecule has 63 heavy (non-hydrogen) atoms. The molecule has 328 valence electrons. The van der Waals surface area contributed by atoms with Crippen molar-refractivity contribution < 1.29 is 42.5 Å². The lowest BCUT2D eigenvalue weighted by molar-refractivity contribution is -0.0495. The standard InChI is InChI=1S/C24H26F2N6O3.C19H19N5O4/c1-23(2,3)35-22(34)29-16-6-7-18(28-14-16)20-13-19(30-32(20)17-5-4-10-27-15-17)21(33)31-11-8-24(25,26)9-12-31;1-19(2,3)28-18(27)22-12-6-7-14(21-10-12)16-9-15(17(25)26)23-24(16)13-5-4-8-20-11-13/h4-7,10,13-15H,8-9,11-12H2,1-3H3,(H,29,34);4-11H,1-3H3,(H,22,27)(H,25,26). The van der Waals surface area contributed by atoms with Crippen molar-refractivity contribution in [1.29, 1.82) is 0 Å². The summed E-state index contributed by atoms with van der Waals surface area (Å²) in [6.07, 6.45) is 7.37. The van der Waals surface area contributed by atoms with Crippen LogP contribution in [-0.4, -0.2) is 104 Å². The largest absolute Gasteiger partial charge is 0.476 e. The molecule has 0 spiro atoms. The number of ether oxygens (including phenoxy) is 2. The van der Waals surface area contributed by atoms with Crippen LogP contribution in [0.2, 0.25) is 0 Å². The molecule has 0 aliphatic carbocycles. The van der Waals surface area contributed by atoms with E-state index >= 15 is 0 Å². The highest BCUT2D eigenvalue weighted by Gasteiger charge is 2.36. The maximum absolute atomic E-state index is 13.5. The molecule has 1 aliphatic rings. The number of carbonyl (C=O) groups excluding carboxylic acids is 3. The summed E-state index contributed by atoms with van der Waals surface area (Å²) in [7, 11) is 0. The Balaban J connectivity index is 0.000000215. The van der Waals surface area contributed by atoms with Crippen LogP contribution in [0.25, 0.3) is 34.2 Å². The molecule has 6 aromatic heterocycles. The van der Waals surface area contributed by atoms with Gasteiger partial charge in [0.15, 0.2) is 11.4 Å². The van der Waals surface area contributed by atoms with Gasteiger partial charge in [0.05, 0.1) is 70.3 Å². The van der Waals surface area contributed by atoms with Crippen molar-refractivity contribution in [2.24, 2.45) is 0 Å². The number of aromatic nitrogens is 8. The quantitative estimate of drug-likeness (QED) is 0.132. The Morgan fingerprint density at radius 2 is 1.11 bits per heavy atom. The zero-order chi connectivity index (χ0) is 45.5. The third kappa shape index (κ3) is 12.2. The van der Waals surface area contributed by atoms with Crippen molar-refractivity contribution in [2.45, 2.75) is 71.5 Å². The molecule has 7 heterocycles. The molecular weight excluding hydrogens is 821 g/mol. The molecule has 0 aromatic carbocycles. The topological polar surface area (TPSA) is 221 Å². The zero-order valence-electron chi connectivity index (χ0n) is 35.2. The van der Waals surface area contributed by atoms with Crippen LogP contribution in [-0.2, 0) is 9.47 Å². The molecule has 0 bridgehead atoms. The summed E-state index contributed by atoms with van der Waals surface area (Å²) >= 11 is 0. The maximum atomic E-state index is 13.5. The Morgan fingerprint density at radius 3 is 1.49 bits per heavy atom. The summed E-state index contributed by atoms with van der Waals surface area (Å²) in [6.45, 7) is 10.5. The van der Waals surface area contributed by atoms with Gasteiger partial charge in [-0.1, -0.05) is 0 Å². The smallest absolute Gasteiger partial charge is 0.412 e. The van der Waals surface area contributed by atoms with E-state index in [4.69, 9.17) is 9.47 Å². The van der Waals surface area contributed by atoms with E-state index in [9.17, 15) is 33.1 Å². The van der Waals surface area contributed by atoms with Crippen LogP contribution < -0.4 is 10.6 Å². The number of alkyl halides is 2. The Kier molecular flexibility index (Phi) is 13.2. The second-order valence-electron chi connectivity index (χ2n) is 16.1. The number of pyridine rings is 4. The van der Waals surface area contributed by atoms with Crippen LogP contribution >= 0.6 is 0 Å². The first-order chi connectivity index (χ1) is 29.7. The van der Waals surface area contributed by atoms with Gasteiger partial charge in [-0.3, -0.25) is 35.4 Å². The predicted octanol–water partition coefficient (Wildman–Crippen LogP) is 7.92. The summed E-state index contributed by atoms with van der Waals surface area (Å²) in [5, 5.41) is 23.1. The van der Waals surface area contributed by atoms with Crippen molar-refractivity contribution in [3.05, 3.63) is 109 Å². The average molecular weight is 866 g/mol. The van der Waals surface area contributed by atoms with Crippen molar-refractivity contribution in [2.75, 3.05) is 23.7 Å². The van der Waals surface area contributed by atoms with E-state index in [1.165, 1.54) is 32.7 Å². The molecule has 0 unspecified atom stereocenters. The minimum absolute atomic E-state index is 0.0375. The van der Waals surface area contributed by atoms with Crippen LogP contribution in [0.5, 0.6) is 0 Å². The Labute approximate surface area is 360 Å². The fourth-order valence-electron chi connectivity index (χ4n) is 5.97. The summed E-state index contributed by atoms with van der Waals surface area (Å²) in [4.78, 5) is 66.5. The van der Waals surface area contributed by atoms with Gasteiger partial charge in [-0.15, -0.1) is 0 Å². The molecule has 0 atom stereocenters. The lowest BCUT2D eigenvalue weighted by Crippen LogP contribution is -2.42. The molecule has 0 saturated carbocycles. The van der Waals surface area contributed by atoms with Gasteiger partial charge < -0.3 is 19.5 Å². The number of piperidine rings is 1. The zero-order valence-corrected chi connectivity index (χ0v) is 35.2. The van der Waals surface area contributed by atoms with Gasteiger partial charge in [-0.2, -0.15) is 10.2 Å². The van der Waals surface area contributed by atoms with Crippen molar-refractivity contribution in [3.8, 4) is 34.2 Å². The van der Waals surface area contributed by atoms with Gasteiger partial charge in [0.1, 0.15) is 11.2 Å². The number of nitrogens with one attached hydrogen (secondary N) is 2. The normalized spacial score (nSPS) is 13.6. The van der Waals surface area contributed by atoms with Crippen LogP contribution in [0.4, 0.5) is 29.7 Å². The Hall–Kier alpha value is -7.64. The van der Waals surface area contributed by atoms with Gasteiger partial charge in [0.2, 0.25) is 0 Å². The number of nitrogens with zero attached hydrogens (tertiary/aromatic N) is 9. The number of halogens is 2. The SMILES string of the molecule is CC(C)(C)OC(=O)Nc1ccc(-c2cc(C(=O)N3CCC(F)(F)CC3)nn2-c2cccnc2)nc1.CC(C)(C)OC(=O)Nc1ccc(-c2cc(C(=O)O)nn2-c2cccnc2)nc1. The van der Waals surface area contributed by atoms with E-state index in [2.05, 4.69) is 40.8 Å². The molecule has 18 nitrogen and oxygen atoms in total. The van der Waals surface area contributed by atoms with Crippen LogP contribution in [0.15, 0.2) is 97.8 Å². The minimum atomic E-state index is -2.75. The monoisotopic (exact) mass is 865 g/mol. The molecule has 0 radical (unpaired) electrons. The van der Waals surface area contributed by atoms with E-state index in [1.54, 1.807) is 121 Å². The number of carboxylic acids is 1. The molecule has 1 aliphatic heterocycles. The average Bonchev–Trinajstić information content (AvgIpc) is 3.88. The first-order valence-electron chi connectivity index (χ1n) is 19.6. The number of hydrogen-bond donors (Lipinski definition) is 3. The number of carboxylic acid groups (broad SMARTS) is 1. The van der Waals surface area contributed by atoms with E-state index in [1.807, 2.05) is 0 Å². The van der Waals surface area contributed by atoms with E-state index in [0.29, 0.717) is 45.5 Å². The molecule has 3 amide bonds. The fourth-order valence-corrected chi connectivity index (χ4v) is 5.97. The number of aromatic carboxylic acids is 1. The maximum Gasteiger partial charge on any atom is 0.412 e. The lowest BCUT2D eigenvalue weighted by atomic mass is 10.1. The van der Waals surface area contributed by atoms with Gasteiger partial charge in [-0.25, -0.2) is 32.5 Å². The summed E-state index contributed by atoms with van der Waals surface area (Å²) in [5.74, 6) is -4.32. The van der Waals surface area contributed by atoms with Crippen LogP contribution in [0.3, 0.4) is 0 Å². The Bertz CT molecular complexity index is 2540. The number of hydrogen-bond acceptors (Lipinski definition) is 12. The number of carbonyl (C=O) groups is 4. The molecule has 1 saturated heterocycles. The molecule has 1 fully saturated rings. The number of anilines is 2. The molecule has 6 aromatic rings. The van der Waals surface area contributed by atoms with Crippen molar-refractivity contribution in [1.82, 2.24) is 44.4 Å². The third-order valence-electron chi connectivity index (χ3n) is 8.76. The van der Waals surface area contributed by atoms with Gasteiger partial charge >= 0.3 is 18.2 Å². The van der Waals surface area contributed by atoms with Gasteiger partial charge in [0, 0.05) is 44.4 Å². The second-order valence-corrected chi connectivity index (χ2v) is 16.1. The molecule has 20 heteroatoms. The predicted molar refractivity (Wildman–Crippen MR) is 226 cm³/mol. The third-order valence-corrected chi connectivity index (χ3v) is 8.76. The second kappa shape index (κ2) is 18.5. The van der Waals surface area contributed by atoms with Gasteiger partial charge in [0.25, 0.3) is 11.8 Å². The first-order valence-corrected chi connectivity index (χ1v) is 19.6. The Morgan fingerprint density at radius 1 is 0.667 bits per heavy atom. The molecule has 3 N–H and O–H groups in total. The van der Waals surface area contributed by atoms with E-state index in [-0.39, 0.29) is 37.3 Å². The van der Waals surface area contributed by atoms with E-state index < -0.39 is 41.2 Å². The summed E-state index contributed by atoms with van der Waals surface area (Å²) in [5.41, 5.74) is 2.79. The number of rotatable bonds is 8. The number of amides is 3. The van der Waals surface area contributed by atoms with E-state index in [0.717, 1.165) is 0 Å². The molecule has 7 rings (SSSR count). The fraction of sp³-hybridized carbons (Fsp3) is 0.302. The molecular formula is C43H45F2N11O7. The van der Waals surface area contributed by atoms with Crippen LogP contribution in [0.1, 0.15) is 75.4 Å².